The Labute approximate surface area is 191 Å². The summed E-state index contributed by atoms with van der Waals surface area (Å²) in [5.41, 5.74) is 0.653. The first-order valence-corrected chi connectivity index (χ1v) is 11.7. The molecule has 1 heterocycles. The van der Waals surface area contributed by atoms with Crippen LogP contribution in [0, 0.1) is 0 Å². The quantitative estimate of drug-likeness (QED) is 0.527. The molecule has 3 N–H and O–H groups in total. The summed E-state index contributed by atoms with van der Waals surface area (Å²) in [6.45, 7) is 3.46. The maximum absolute atomic E-state index is 12.9. The van der Waals surface area contributed by atoms with Crippen molar-refractivity contribution < 1.29 is 27.9 Å². The lowest BCUT2D eigenvalue weighted by Crippen LogP contribution is -2.41. The van der Waals surface area contributed by atoms with Gasteiger partial charge in [0.1, 0.15) is 12.4 Å². The number of halogens is 1. The van der Waals surface area contributed by atoms with Crippen molar-refractivity contribution in [2.75, 3.05) is 30.3 Å². The van der Waals surface area contributed by atoms with Crippen LogP contribution in [0.25, 0.3) is 0 Å². The number of carboxylic acid groups (broad SMARTS) is 1. The average molecular weight is 485 g/mol. The van der Waals surface area contributed by atoms with Crippen LogP contribution < -0.4 is 14.8 Å². The Hall–Kier alpha value is -2.89. The zero-order valence-electron chi connectivity index (χ0n) is 17.6. The van der Waals surface area contributed by atoms with Crippen LogP contribution in [-0.4, -0.2) is 66.9 Å². The summed E-state index contributed by atoms with van der Waals surface area (Å²) in [4.78, 5) is 30.8. The standard InChI is InChI=1S/C20H25ClN4O6S/c1-14(2)24(8-10-32(22,29)30)19(26)15-11-16(21)13-18(12-15)31-9-7-25(20(27)28)17-3-5-23-6-4-17/h3-6,11-14H,7-10H2,1-2H3,(H,27,28)(H2,22,29,30). The minimum atomic E-state index is -3.74. The van der Waals surface area contributed by atoms with Gasteiger partial charge in [0.25, 0.3) is 5.91 Å². The molecule has 0 bridgehead atoms. The number of ether oxygens (including phenoxy) is 1. The molecule has 0 aliphatic carbocycles. The van der Waals surface area contributed by atoms with Crippen LogP contribution >= 0.6 is 11.6 Å². The lowest BCUT2D eigenvalue weighted by atomic mass is 10.1. The third kappa shape index (κ3) is 7.66. The third-order valence-electron chi connectivity index (χ3n) is 4.41. The highest BCUT2D eigenvalue weighted by molar-refractivity contribution is 7.89. The van der Waals surface area contributed by atoms with E-state index in [2.05, 4.69) is 4.98 Å². The molecule has 1 aromatic heterocycles. The number of hydrogen-bond acceptors (Lipinski definition) is 6. The van der Waals surface area contributed by atoms with Gasteiger partial charge in [0.2, 0.25) is 10.0 Å². The number of carbonyl (C=O) groups excluding carboxylic acids is 1. The molecule has 0 aliphatic rings. The van der Waals surface area contributed by atoms with E-state index in [-0.39, 0.29) is 47.8 Å². The molecule has 0 fully saturated rings. The second-order valence-electron chi connectivity index (χ2n) is 7.12. The molecular weight excluding hydrogens is 460 g/mol. The fourth-order valence-electron chi connectivity index (χ4n) is 2.87. The van der Waals surface area contributed by atoms with Crippen LogP contribution in [0.5, 0.6) is 5.75 Å². The number of pyridine rings is 1. The van der Waals surface area contributed by atoms with Crippen LogP contribution in [0.1, 0.15) is 24.2 Å². The number of benzene rings is 1. The van der Waals surface area contributed by atoms with Gasteiger partial charge in [-0.3, -0.25) is 14.7 Å². The Morgan fingerprint density at radius 3 is 2.41 bits per heavy atom. The molecule has 1 aromatic carbocycles. The maximum atomic E-state index is 12.9. The smallest absolute Gasteiger partial charge is 0.411 e. The van der Waals surface area contributed by atoms with Crippen molar-refractivity contribution in [1.82, 2.24) is 9.88 Å². The second-order valence-corrected chi connectivity index (χ2v) is 9.29. The Morgan fingerprint density at radius 1 is 1.19 bits per heavy atom. The third-order valence-corrected chi connectivity index (χ3v) is 5.38. The van der Waals surface area contributed by atoms with E-state index in [1.807, 2.05) is 0 Å². The van der Waals surface area contributed by atoms with Gasteiger partial charge in [0.05, 0.1) is 18.0 Å². The number of carbonyl (C=O) groups is 2. The first-order chi connectivity index (χ1) is 15.0. The molecule has 2 amide bonds. The molecule has 0 saturated carbocycles. The number of aromatic nitrogens is 1. The number of sulfonamides is 1. The van der Waals surface area contributed by atoms with Crippen LogP contribution in [0.2, 0.25) is 5.02 Å². The number of rotatable bonds is 10. The van der Waals surface area contributed by atoms with E-state index in [9.17, 15) is 23.1 Å². The number of primary sulfonamides is 1. The van der Waals surface area contributed by atoms with Gasteiger partial charge in [-0.25, -0.2) is 18.4 Å². The van der Waals surface area contributed by atoms with E-state index in [1.54, 1.807) is 26.0 Å². The first kappa shape index (κ1) is 25.4. The summed E-state index contributed by atoms with van der Waals surface area (Å²) in [6.07, 6.45) is 1.82. The summed E-state index contributed by atoms with van der Waals surface area (Å²) < 4.78 is 28.2. The Balaban J connectivity index is 2.12. The van der Waals surface area contributed by atoms with Crippen LogP contribution in [0.4, 0.5) is 10.5 Å². The monoisotopic (exact) mass is 484 g/mol. The SMILES string of the molecule is CC(C)N(CCS(N)(=O)=O)C(=O)c1cc(Cl)cc(OCCN(C(=O)O)c2ccncc2)c1. The predicted octanol–water partition coefficient (Wildman–Crippen LogP) is 2.44. The average Bonchev–Trinajstić information content (AvgIpc) is 2.70. The molecule has 10 nitrogen and oxygen atoms in total. The summed E-state index contributed by atoms with van der Waals surface area (Å²) in [5, 5.41) is 14.7. The van der Waals surface area contributed by atoms with Crippen molar-refractivity contribution in [3.63, 3.8) is 0 Å². The topological polar surface area (TPSA) is 143 Å². The van der Waals surface area contributed by atoms with Crippen LogP contribution in [0.3, 0.4) is 0 Å². The summed E-state index contributed by atoms with van der Waals surface area (Å²) >= 11 is 6.14. The van der Waals surface area contributed by atoms with Gasteiger partial charge in [-0.2, -0.15) is 0 Å². The van der Waals surface area contributed by atoms with E-state index in [0.29, 0.717) is 5.69 Å². The van der Waals surface area contributed by atoms with Gasteiger partial charge in [0, 0.05) is 35.6 Å². The maximum Gasteiger partial charge on any atom is 0.411 e. The van der Waals surface area contributed by atoms with Gasteiger partial charge >= 0.3 is 6.09 Å². The lowest BCUT2D eigenvalue weighted by molar-refractivity contribution is 0.0718. The summed E-state index contributed by atoms with van der Waals surface area (Å²) in [7, 11) is -3.74. The highest BCUT2D eigenvalue weighted by Crippen LogP contribution is 2.23. The van der Waals surface area contributed by atoms with Crippen LogP contribution in [0.15, 0.2) is 42.7 Å². The molecule has 2 aromatic rings. The fourth-order valence-corrected chi connectivity index (χ4v) is 3.55. The van der Waals surface area contributed by atoms with Crippen molar-refractivity contribution >= 4 is 39.3 Å². The summed E-state index contributed by atoms with van der Waals surface area (Å²) in [6, 6.07) is 7.26. The zero-order valence-corrected chi connectivity index (χ0v) is 19.2. The molecule has 0 atom stereocenters. The lowest BCUT2D eigenvalue weighted by Gasteiger charge is -2.26. The van der Waals surface area contributed by atoms with Gasteiger partial charge in [-0.05, 0) is 44.2 Å². The van der Waals surface area contributed by atoms with E-state index in [1.165, 1.54) is 35.5 Å². The molecule has 174 valence electrons. The van der Waals surface area contributed by atoms with Crippen molar-refractivity contribution in [3.8, 4) is 5.75 Å². The number of nitrogens with two attached hydrogens (primary N) is 1. The number of nitrogens with zero attached hydrogens (tertiary/aromatic N) is 3. The Kier molecular flexibility index (Phi) is 8.81. The molecule has 0 aliphatic heterocycles. The summed E-state index contributed by atoms with van der Waals surface area (Å²) in [5.74, 6) is -0.531. The zero-order chi connectivity index (χ0) is 23.9. The Morgan fingerprint density at radius 2 is 1.84 bits per heavy atom. The molecule has 0 saturated heterocycles. The van der Waals surface area contributed by atoms with Crippen LogP contribution in [-0.2, 0) is 10.0 Å². The van der Waals surface area contributed by atoms with E-state index < -0.39 is 22.0 Å². The molecule has 0 unspecified atom stereocenters. The van der Waals surface area contributed by atoms with Crippen molar-refractivity contribution in [1.29, 1.82) is 0 Å². The number of amides is 2. The minimum absolute atomic E-state index is 0.00189. The normalized spacial score (nSPS) is 11.3. The van der Waals surface area contributed by atoms with Gasteiger partial charge < -0.3 is 14.7 Å². The highest BCUT2D eigenvalue weighted by atomic mass is 35.5. The van der Waals surface area contributed by atoms with E-state index in [0.717, 1.165) is 4.90 Å². The second kappa shape index (κ2) is 11.1. The molecular formula is C20H25ClN4O6S. The molecule has 0 radical (unpaired) electrons. The van der Waals surface area contributed by atoms with Gasteiger partial charge in [-0.1, -0.05) is 11.6 Å². The predicted molar refractivity (Wildman–Crippen MR) is 121 cm³/mol. The van der Waals surface area contributed by atoms with Crippen molar-refractivity contribution in [2.24, 2.45) is 5.14 Å². The van der Waals surface area contributed by atoms with Crippen molar-refractivity contribution in [2.45, 2.75) is 19.9 Å². The molecule has 32 heavy (non-hydrogen) atoms. The first-order valence-electron chi connectivity index (χ1n) is 9.63. The van der Waals surface area contributed by atoms with E-state index in [4.69, 9.17) is 21.5 Å². The minimum Gasteiger partial charge on any atom is -0.492 e. The van der Waals surface area contributed by atoms with Crippen molar-refractivity contribution in [3.05, 3.63) is 53.3 Å². The Bertz CT molecular complexity index is 1050. The molecule has 2 rings (SSSR count). The van der Waals surface area contributed by atoms with E-state index >= 15 is 0 Å². The number of hydrogen-bond donors (Lipinski definition) is 2. The van der Waals surface area contributed by atoms with Gasteiger partial charge in [-0.15, -0.1) is 0 Å². The fraction of sp³-hybridized carbons (Fsp3) is 0.350. The molecule has 0 spiro atoms. The van der Waals surface area contributed by atoms with Gasteiger partial charge in [0.15, 0.2) is 0 Å². The highest BCUT2D eigenvalue weighted by Gasteiger charge is 2.22. The molecule has 12 heteroatoms. The number of anilines is 1. The largest absolute Gasteiger partial charge is 0.492 e.